The van der Waals surface area contributed by atoms with Gasteiger partial charge >= 0.3 is 11.8 Å². The maximum atomic E-state index is 12.0. The number of carbonyl (C=O) groups excluding carboxylic acids is 2. The third-order valence-electron chi connectivity index (χ3n) is 3.94. The van der Waals surface area contributed by atoms with E-state index in [4.69, 9.17) is 4.74 Å². The van der Waals surface area contributed by atoms with Gasteiger partial charge in [0.25, 0.3) is 0 Å². The van der Waals surface area contributed by atoms with Crippen molar-refractivity contribution >= 4 is 34.5 Å². The number of rotatable bonds is 5. The third-order valence-corrected chi connectivity index (χ3v) is 3.94. The molecule has 28 heavy (non-hydrogen) atoms. The zero-order valence-corrected chi connectivity index (χ0v) is 15.2. The van der Waals surface area contributed by atoms with Gasteiger partial charge in [-0.05, 0) is 48.0 Å². The van der Waals surface area contributed by atoms with E-state index in [2.05, 4.69) is 15.8 Å². The minimum atomic E-state index is -0.926. The highest BCUT2D eigenvalue weighted by Gasteiger charge is 2.13. The quantitative estimate of drug-likeness (QED) is 0.361. The van der Waals surface area contributed by atoms with Gasteiger partial charge in [0.15, 0.2) is 0 Å². The molecule has 3 rings (SSSR count). The van der Waals surface area contributed by atoms with Gasteiger partial charge in [-0.3, -0.25) is 9.59 Å². The van der Waals surface area contributed by atoms with Crippen LogP contribution in [0.3, 0.4) is 0 Å². The standard InChI is InChI=1S/C21H19N3O4/c1-2-28-16-10-8-15(9-11-16)23-20(26)21(27)24-22-13-18-17-6-4-3-5-14(17)7-12-19(18)25/h3-13,25H,2H2,1H3,(H,23,26)(H,24,27)/b22-13-. The number of hydrogen-bond donors (Lipinski definition) is 3. The number of nitrogens with zero attached hydrogens (tertiary/aromatic N) is 1. The van der Waals surface area contributed by atoms with Gasteiger partial charge in [0.05, 0.1) is 12.8 Å². The lowest BCUT2D eigenvalue weighted by atomic mass is 10.0. The Kier molecular flexibility index (Phi) is 5.86. The van der Waals surface area contributed by atoms with E-state index in [9.17, 15) is 14.7 Å². The number of hydrazone groups is 1. The van der Waals surface area contributed by atoms with E-state index in [1.54, 1.807) is 36.4 Å². The first-order chi connectivity index (χ1) is 13.6. The average molecular weight is 377 g/mol. The number of phenolic OH excluding ortho intramolecular Hbond substituents is 1. The molecule has 0 spiro atoms. The number of nitrogens with one attached hydrogen (secondary N) is 2. The highest BCUT2D eigenvalue weighted by Crippen LogP contribution is 2.25. The number of hydrogen-bond acceptors (Lipinski definition) is 5. The summed E-state index contributed by atoms with van der Waals surface area (Å²) in [6.45, 7) is 2.41. The van der Waals surface area contributed by atoms with Gasteiger partial charge in [0, 0.05) is 11.3 Å². The zero-order chi connectivity index (χ0) is 19.9. The van der Waals surface area contributed by atoms with E-state index in [1.807, 2.05) is 31.2 Å². The fourth-order valence-corrected chi connectivity index (χ4v) is 2.62. The highest BCUT2D eigenvalue weighted by atomic mass is 16.5. The number of aromatic hydroxyl groups is 1. The maximum absolute atomic E-state index is 12.0. The van der Waals surface area contributed by atoms with Crippen LogP contribution >= 0.6 is 0 Å². The summed E-state index contributed by atoms with van der Waals surface area (Å²) in [5, 5.41) is 18.0. The van der Waals surface area contributed by atoms with E-state index in [0.717, 1.165) is 10.8 Å². The molecule has 0 aliphatic rings. The van der Waals surface area contributed by atoms with Gasteiger partial charge < -0.3 is 15.2 Å². The second-order valence-corrected chi connectivity index (χ2v) is 5.83. The minimum Gasteiger partial charge on any atom is -0.507 e. The number of benzene rings is 3. The van der Waals surface area contributed by atoms with Crippen LogP contribution in [0.25, 0.3) is 10.8 Å². The largest absolute Gasteiger partial charge is 0.507 e. The molecule has 0 saturated heterocycles. The van der Waals surface area contributed by atoms with Crippen molar-refractivity contribution < 1.29 is 19.4 Å². The summed E-state index contributed by atoms with van der Waals surface area (Å²) in [7, 11) is 0. The molecule has 7 nitrogen and oxygen atoms in total. The predicted octanol–water partition coefficient (Wildman–Crippen LogP) is 3.03. The summed E-state index contributed by atoms with van der Waals surface area (Å²) < 4.78 is 5.32. The van der Waals surface area contributed by atoms with Crippen molar-refractivity contribution in [3.8, 4) is 11.5 Å². The van der Waals surface area contributed by atoms with Crippen LogP contribution in [0.15, 0.2) is 65.8 Å². The number of anilines is 1. The number of fused-ring (bicyclic) bond motifs is 1. The molecule has 0 fully saturated rings. The van der Waals surface area contributed by atoms with E-state index in [-0.39, 0.29) is 5.75 Å². The van der Waals surface area contributed by atoms with E-state index in [0.29, 0.717) is 23.6 Å². The van der Waals surface area contributed by atoms with E-state index in [1.165, 1.54) is 6.21 Å². The fraction of sp³-hybridized carbons (Fsp3) is 0.0952. The van der Waals surface area contributed by atoms with Crippen molar-refractivity contribution in [2.75, 3.05) is 11.9 Å². The molecule has 7 heteroatoms. The van der Waals surface area contributed by atoms with Crippen molar-refractivity contribution in [2.24, 2.45) is 5.10 Å². The molecule has 0 radical (unpaired) electrons. The molecular weight excluding hydrogens is 358 g/mol. The SMILES string of the molecule is CCOc1ccc(NC(=O)C(=O)N/N=C\c2c(O)ccc3ccccc23)cc1. The van der Waals surface area contributed by atoms with Crippen molar-refractivity contribution in [3.63, 3.8) is 0 Å². The molecule has 2 amide bonds. The van der Waals surface area contributed by atoms with Gasteiger partial charge in [-0.1, -0.05) is 30.3 Å². The summed E-state index contributed by atoms with van der Waals surface area (Å²) in [5.41, 5.74) is 3.06. The first kappa shape index (κ1) is 18.9. The topological polar surface area (TPSA) is 100 Å². The molecule has 0 saturated carbocycles. The lowest BCUT2D eigenvalue weighted by Crippen LogP contribution is -2.32. The van der Waals surface area contributed by atoms with Crippen LogP contribution in [0.2, 0.25) is 0 Å². The molecule has 3 N–H and O–H groups in total. The summed E-state index contributed by atoms with van der Waals surface area (Å²) in [6.07, 6.45) is 1.31. The predicted molar refractivity (Wildman–Crippen MR) is 108 cm³/mol. The molecule has 0 aromatic heterocycles. The third kappa shape index (κ3) is 4.45. The summed E-state index contributed by atoms with van der Waals surface area (Å²) in [5.74, 6) is -1.09. The number of phenols is 1. The van der Waals surface area contributed by atoms with Crippen LogP contribution < -0.4 is 15.5 Å². The molecule has 0 aliphatic heterocycles. The van der Waals surface area contributed by atoms with Crippen molar-refractivity contribution in [2.45, 2.75) is 6.92 Å². The first-order valence-electron chi connectivity index (χ1n) is 8.66. The number of amides is 2. The monoisotopic (exact) mass is 377 g/mol. The van der Waals surface area contributed by atoms with Crippen LogP contribution in [0.1, 0.15) is 12.5 Å². The molecule has 3 aromatic rings. The van der Waals surface area contributed by atoms with E-state index >= 15 is 0 Å². The van der Waals surface area contributed by atoms with Gasteiger partial charge in [-0.15, -0.1) is 0 Å². The number of ether oxygens (including phenoxy) is 1. The lowest BCUT2D eigenvalue weighted by Gasteiger charge is -2.06. The normalized spacial score (nSPS) is 10.8. The first-order valence-corrected chi connectivity index (χ1v) is 8.66. The smallest absolute Gasteiger partial charge is 0.329 e. The Morgan fingerprint density at radius 3 is 2.54 bits per heavy atom. The molecule has 0 bridgehead atoms. The average Bonchev–Trinajstić information content (AvgIpc) is 2.71. The number of carbonyl (C=O) groups is 2. The van der Waals surface area contributed by atoms with Crippen molar-refractivity contribution in [3.05, 3.63) is 66.2 Å². The molecule has 0 unspecified atom stereocenters. The van der Waals surface area contributed by atoms with Crippen molar-refractivity contribution in [1.29, 1.82) is 0 Å². The second-order valence-electron chi connectivity index (χ2n) is 5.83. The van der Waals surface area contributed by atoms with E-state index < -0.39 is 11.8 Å². The lowest BCUT2D eigenvalue weighted by molar-refractivity contribution is -0.136. The molecular formula is C21H19N3O4. The van der Waals surface area contributed by atoms with Gasteiger partial charge in [0.1, 0.15) is 11.5 Å². The molecule has 0 aliphatic carbocycles. The van der Waals surface area contributed by atoms with Crippen molar-refractivity contribution in [1.82, 2.24) is 5.43 Å². The minimum absolute atomic E-state index is 0.0236. The second kappa shape index (κ2) is 8.68. The van der Waals surface area contributed by atoms with Crippen LogP contribution in [-0.4, -0.2) is 29.7 Å². The van der Waals surface area contributed by atoms with Crippen LogP contribution in [0, 0.1) is 0 Å². The van der Waals surface area contributed by atoms with Gasteiger partial charge in [-0.2, -0.15) is 5.10 Å². The summed E-state index contributed by atoms with van der Waals surface area (Å²) >= 11 is 0. The highest BCUT2D eigenvalue weighted by molar-refractivity contribution is 6.39. The molecule has 0 heterocycles. The molecule has 3 aromatic carbocycles. The molecule has 0 atom stereocenters. The Bertz CT molecular complexity index is 1030. The Balaban J connectivity index is 1.63. The van der Waals surface area contributed by atoms with Gasteiger partial charge in [-0.25, -0.2) is 5.43 Å². The summed E-state index contributed by atoms with van der Waals surface area (Å²) in [4.78, 5) is 23.9. The molecule has 142 valence electrons. The van der Waals surface area contributed by atoms with Crippen LogP contribution in [0.4, 0.5) is 5.69 Å². The Morgan fingerprint density at radius 1 is 1.04 bits per heavy atom. The Labute approximate surface area is 161 Å². The van der Waals surface area contributed by atoms with Gasteiger partial charge in [0.2, 0.25) is 0 Å². The fourth-order valence-electron chi connectivity index (χ4n) is 2.62. The zero-order valence-electron chi connectivity index (χ0n) is 15.2. The Hall–Kier alpha value is -3.87. The Morgan fingerprint density at radius 2 is 1.79 bits per heavy atom. The van der Waals surface area contributed by atoms with Crippen LogP contribution in [0.5, 0.6) is 11.5 Å². The maximum Gasteiger partial charge on any atom is 0.329 e. The summed E-state index contributed by atoms with van der Waals surface area (Å²) in [6, 6.07) is 17.4. The van der Waals surface area contributed by atoms with Crippen LogP contribution in [-0.2, 0) is 9.59 Å².